The summed E-state index contributed by atoms with van der Waals surface area (Å²) in [5.74, 6) is -1.21. The summed E-state index contributed by atoms with van der Waals surface area (Å²) in [6.45, 7) is 1.50. The van der Waals surface area contributed by atoms with Gasteiger partial charge in [-0.25, -0.2) is 0 Å². The molecule has 0 aliphatic heterocycles. The predicted octanol–water partition coefficient (Wildman–Crippen LogP) is 0.359. The smallest absolute Gasteiger partial charge is 0.330 e. The lowest BCUT2D eigenvalue weighted by Crippen LogP contribution is -1.97. The summed E-state index contributed by atoms with van der Waals surface area (Å²) in [4.78, 5) is 10.6. The summed E-state index contributed by atoms with van der Waals surface area (Å²) in [6, 6.07) is 1.09. The SMILES string of the molecule is Cc1cc(=O)c(O)c(O)o1. The first-order valence-electron chi connectivity index (χ1n) is 2.64. The summed E-state index contributed by atoms with van der Waals surface area (Å²) in [7, 11) is 0. The molecule has 0 radical (unpaired) electrons. The van der Waals surface area contributed by atoms with E-state index in [2.05, 4.69) is 4.42 Å². The van der Waals surface area contributed by atoms with Crippen molar-refractivity contribution in [2.45, 2.75) is 6.92 Å². The second kappa shape index (κ2) is 2.06. The fourth-order valence-corrected chi connectivity index (χ4v) is 0.589. The van der Waals surface area contributed by atoms with Gasteiger partial charge in [-0.2, -0.15) is 0 Å². The highest BCUT2D eigenvalue weighted by Gasteiger charge is 2.05. The van der Waals surface area contributed by atoms with Crippen molar-refractivity contribution < 1.29 is 14.6 Å². The van der Waals surface area contributed by atoms with Gasteiger partial charge in [-0.1, -0.05) is 0 Å². The van der Waals surface area contributed by atoms with Crippen LogP contribution in [0.5, 0.6) is 11.7 Å². The summed E-state index contributed by atoms with van der Waals surface area (Å²) in [5, 5.41) is 17.3. The number of hydrogen-bond donors (Lipinski definition) is 2. The Morgan fingerprint density at radius 1 is 1.50 bits per heavy atom. The van der Waals surface area contributed by atoms with Gasteiger partial charge in [-0.15, -0.1) is 0 Å². The van der Waals surface area contributed by atoms with Crippen LogP contribution in [0.4, 0.5) is 0 Å². The van der Waals surface area contributed by atoms with Crippen molar-refractivity contribution in [3.63, 3.8) is 0 Å². The minimum absolute atomic E-state index is 0.264. The number of rotatable bonds is 0. The van der Waals surface area contributed by atoms with Crippen molar-refractivity contribution in [1.29, 1.82) is 0 Å². The van der Waals surface area contributed by atoms with Crippen molar-refractivity contribution >= 4 is 0 Å². The third kappa shape index (κ3) is 0.953. The van der Waals surface area contributed by atoms with E-state index in [0.29, 0.717) is 0 Å². The number of aromatic hydroxyl groups is 2. The Hall–Kier alpha value is -1.45. The third-order valence-electron chi connectivity index (χ3n) is 1.03. The molecule has 0 unspecified atom stereocenters. The molecule has 0 saturated heterocycles. The van der Waals surface area contributed by atoms with E-state index in [-0.39, 0.29) is 5.76 Å². The van der Waals surface area contributed by atoms with Gasteiger partial charge in [0, 0.05) is 6.07 Å². The zero-order valence-electron chi connectivity index (χ0n) is 5.29. The molecule has 0 saturated carbocycles. The lowest BCUT2D eigenvalue weighted by atomic mass is 10.4. The van der Waals surface area contributed by atoms with Crippen LogP contribution in [0.25, 0.3) is 0 Å². The van der Waals surface area contributed by atoms with Gasteiger partial charge in [0.1, 0.15) is 5.76 Å². The van der Waals surface area contributed by atoms with Crippen molar-refractivity contribution in [3.8, 4) is 11.7 Å². The molecule has 0 fully saturated rings. The molecule has 0 aliphatic rings. The largest absolute Gasteiger partial charge is 0.499 e. The van der Waals surface area contributed by atoms with E-state index in [0.717, 1.165) is 6.07 Å². The van der Waals surface area contributed by atoms with Crippen LogP contribution in [0, 0.1) is 6.92 Å². The predicted molar refractivity (Wildman–Crippen MR) is 33.0 cm³/mol. The Kier molecular flexibility index (Phi) is 1.37. The van der Waals surface area contributed by atoms with Gasteiger partial charge in [0.15, 0.2) is 0 Å². The zero-order valence-corrected chi connectivity index (χ0v) is 5.29. The maximum absolute atomic E-state index is 10.6. The van der Waals surface area contributed by atoms with Crippen LogP contribution in [0.1, 0.15) is 5.76 Å². The second-order valence-electron chi connectivity index (χ2n) is 1.88. The monoisotopic (exact) mass is 142 g/mol. The van der Waals surface area contributed by atoms with Gasteiger partial charge < -0.3 is 14.6 Å². The molecule has 10 heavy (non-hydrogen) atoms. The maximum atomic E-state index is 10.6. The lowest BCUT2D eigenvalue weighted by molar-refractivity contribution is 0.280. The summed E-state index contributed by atoms with van der Waals surface area (Å²) in [5.41, 5.74) is -0.638. The van der Waals surface area contributed by atoms with Crippen LogP contribution >= 0.6 is 0 Å². The Morgan fingerprint density at radius 2 is 2.10 bits per heavy atom. The highest BCUT2D eigenvalue weighted by Crippen LogP contribution is 2.19. The van der Waals surface area contributed by atoms with Gasteiger partial charge in [0.05, 0.1) is 0 Å². The number of aryl methyl sites for hydroxylation is 1. The minimum atomic E-state index is -0.745. The highest BCUT2D eigenvalue weighted by atomic mass is 16.5. The molecule has 54 valence electrons. The van der Waals surface area contributed by atoms with E-state index in [9.17, 15) is 4.79 Å². The van der Waals surface area contributed by atoms with E-state index in [1.165, 1.54) is 6.92 Å². The Balaban J connectivity index is 3.46. The molecule has 0 spiro atoms. The van der Waals surface area contributed by atoms with E-state index in [4.69, 9.17) is 10.2 Å². The Morgan fingerprint density at radius 3 is 2.60 bits per heavy atom. The average Bonchev–Trinajstić information content (AvgIpc) is 1.82. The van der Waals surface area contributed by atoms with E-state index < -0.39 is 17.1 Å². The van der Waals surface area contributed by atoms with E-state index >= 15 is 0 Å². The van der Waals surface area contributed by atoms with Gasteiger partial charge in [-0.05, 0) is 6.92 Å². The van der Waals surface area contributed by atoms with Crippen LogP contribution in [0.3, 0.4) is 0 Å². The van der Waals surface area contributed by atoms with E-state index in [1.54, 1.807) is 0 Å². The second-order valence-corrected chi connectivity index (χ2v) is 1.88. The van der Waals surface area contributed by atoms with Crippen LogP contribution < -0.4 is 5.43 Å². The molecule has 4 heteroatoms. The molecule has 1 aromatic rings. The average molecular weight is 142 g/mol. The lowest BCUT2D eigenvalue weighted by Gasteiger charge is -1.94. The van der Waals surface area contributed by atoms with Crippen molar-refractivity contribution in [2.24, 2.45) is 0 Å². The molecule has 0 aliphatic carbocycles. The standard InChI is InChI=1S/C6H6O4/c1-3-2-4(7)5(8)6(9)10-3/h2,8-9H,1H3. The highest BCUT2D eigenvalue weighted by molar-refractivity contribution is 5.27. The third-order valence-corrected chi connectivity index (χ3v) is 1.03. The van der Waals surface area contributed by atoms with Crippen molar-refractivity contribution in [3.05, 3.63) is 22.0 Å². The first-order chi connectivity index (χ1) is 4.61. The molecule has 1 heterocycles. The minimum Gasteiger partial charge on any atom is -0.499 e. The summed E-state index contributed by atoms with van der Waals surface area (Å²) >= 11 is 0. The van der Waals surface area contributed by atoms with Gasteiger partial charge in [-0.3, -0.25) is 4.79 Å². The van der Waals surface area contributed by atoms with E-state index in [1.807, 2.05) is 0 Å². The molecule has 2 N–H and O–H groups in total. The summed E-state index contributed by atoms with van der Waals surface area (Å²) in [6.07, 6.45) is 0. The normalized spacial score (nSPS) is 9.70. The summed E-state index contributed by atoms with van der Waals surface area (Å²) < 4.78 is 4.49. The number of hydrogen-bond acceptors (Lipinski definition) is 4. The van der Waals surface area contributed by atoms with Crippen LogP contribution in [-0.4, -0.2) is 10.2 Å². The molecule has 1 rings (SSSR count). The molecule has 1 aromatic heterocycles. The van der Waals surface area contributed by atoms with Crippen LogP contribution in [0.2, 0.25) is 0 Å². The maximum Gasteiger partial charge on any atom is 0.330 e. The Labute approximate surface area is 56.4 Å². The van der Waals surface area contributed by atoms with Gasteiger partial charge in [0.2, 0.25) is 11.2 Å². The van der Waals surface area contributed by atoms with Gasteiger partial charge in [0.25, 0.3) is 0 Å². The molecule has 0 aromatic carbocycles. The first kappa shape index (κ1) is 6.67. The topological polar surface area (TPSA) is 70.7 Å². The fraction of sp³-hybridized carbons (Fsp3) is 0.167. The zero-order chi connectivity index (χ0) is 7.72. The molecule has 4 nitrogen and oxygen atoms in total. The molecule has 0 bridgehead atoms. The first-order valence-corrected chi connectivity index (χ1v) is 2.64. The quantitative estimate of drug-likeness (QED) is 0.548. The molecule has 0 amide bonds. The van der Waals surface area contributed by atoms with Crippen LogP contribution in [0.15, 0.2) is 15.3 Å². The van der Waals surface area contributed by atoms with Crippen LogP contribution in [-0.2, 0) is 0 Å². The van der Waals surface area contributed by atoms with Crippen molar-refractivity contribution in [1.82, 2.24) is 0 Å². The molecule has 0 atom stereocenters. The van der Waals surface area contributed by atoms with Gasteiger partial charge >= 0.3 is 5.95 Å². The van der Waals surface area contributed by atoms with Crippen molar-refractivity contribution in [2.75, 3.05) is 0 Å². The Bertz CT molecular complexity index is 299. The molecular formula is C6H6O4. The fourth-order valence-electron chi connectivity index (χ4n) is 0.589. The molecular weight excluding hydrogens is 136 g/mol.